The highest BCUT2D eigenvalue weighted by molar-refractivity contribution is 5.93. The van der Waals surface area contributed by atoms with Crippen molar-refractivity contribution >= 4 is 39.1 Å². The zero-order valence-corrected chi connectivity index (χ0v) is 17.0. The van der Waals surface area contributed by atoms with Crippen molar-refractivity contribution in [1.29, 1.82) is 0 Å². The van der Waals surface area contributed by atoms with Crippen LogP contribution in [0.4, 0.5) is 17.2 Å². The number of hydrogen-bond acceptors (Lipinski definition) is 6. The predicted octanol–water partition coefficient (Wildman–Crippen LogP) is 4.39. The fourth-order valence-electron chi connectivity index (χ4n) is 3.48. The molecule has 0 saturated carbocycles. The van der Waals surface area contributed by atoms with Crippen molar-refractivity contribution in [2.45, 2.75) is 0 Å². The monoisotopic (exact) mass is 395 g/mol. The van der Waals surface area contributed by atoms with E-state index >= 15 is 0 Å². The van der Waals surface area contributed by atoms with E-state index in [-0.39, 0.29) is 0 Å². The molecule has 0 saturated heterocycles. The smallest absolute Gasteiger partial charge is 0.162 e. The number of aromatic nitrogens is 5. The first-order valence-electron chi connectivity index (χ1n) is 9.69. The summed E-state index contributed by atoms with van der Waals surface area (Å²) < 4.78 is 1.76. The molecule has 2 aromatic heterocycles. The van der Waals surface area contributed by atoms with E-state index < -0.39 is 0 Å². The highest BCUT2D eigenvalue weighted by Gasteiger charge is 2.11. The first-order chi connectivity index (χ1) is 14.6. The summed E-state index contributed by atoms with van der Waals surface area (Å²) in [5.41, 5.74) is 5.68. The number of aryl methyl sites for hydroxylation is 1. The Kier molecular flexibility index (Phi) is 4.28. The molecular formula is C23H21N7. The Bertz CT molecular complexity index is 1370. The minimum Gasteiger partial charge on any atom is -0.378 e. The maximum Gasteiger partial charge on any atom is 0.162 e. The lowest BCUT2D eigenvalue weighted by atomic mass is 10.1. The molecule has 1 N–H and O–H groups in total. The largest absolute Gasteiger partial charge is 0.378 e. The molecular weight excluding hydrogens is 374 g/mol. The van der Waals surface area contributed by atoms with Gasteiger partial charge < -0.3 is 10.2 Å². The van der Waals surface area contributed by atoms with Crippen LogP contribution in [0.1, 0.15) is 0 Å². The Morgan fingerprint density at radius 2 is 1.73 bits per heavy atom. The number of fused-ring (bicyclic) bond motifs is 2. The van der Waals surface area contributed by atoms with Crippen LogP contribution in [0, 0.1) is 0 Å². The first-order valence-corrected chi connectivity index (χ1v) is 9.69. The number of para-hydroxylation sites is 1. The molecule has 5 rings (SSSR count). The van der Waals surface area contributed by atoms with Gasteiger partial charge in [-0.15, -0.1) is 5.10 Å². The lowest BCUT2D eigenvalue weighted by molar-refractivity contribution is 0.736. The number of anilines is 3. The van der Waals surface area contributed by atoms with Crippen molar-refractivity contribution in [3.8, 4) is 11.4 Å². The Hall–Kier alpha value is -4.00. The van der Waals surface area contributed by atoms with Gasteiger partial charge in [-0.05, 0) is 42.5 Å². The van der Waals surface area contributed by atoms with Crippen LogP contribution >= 0.6 is 0 Å². The van der Waals surface area contributed by atoms with Crippen molar-refractivity contribution in [3.05, 3.63) is 66.7 Å². The van der Waals surface area contributed by atoms with Crippen molar-refractivity contribution < 1.29 is 0 Å². The fraction of sp³-hybridized carbons (Fsp3) is 0.130. The van der Waals surface area contributed by atoms with Gasteiger partial charge in [0.1, 0.15) is 11.3 Å². The van der Waals surface area contributed by atoms with Gasteiger partial charge in [-0.2, -0.15) is 0 Å². The summed E-state index contributed by atoms with van der Waals surface area (Å²) in [5, 5.41) is 12.7. The van der Waals surface area contributed by atoms with E-state index in [1.165, 1.54) is 0 Å². The Labute approximate surface area is 174 Å². The average molecular weight is 395 g/mol. The standard InChI is InChI=1S/C23H21N7/c1-29(2)17-8-6-7-15(13-17)22-25-19-10-5-4-9-18(19)23(26-22)24-16-11-12-21-20(14-16)27-28-30(21)3/h4-14H,1-3H3,(H,24,25,26). The maximum atomic E-state index is 4.87. The highest BCUT2D eigenvalue weighted by atomic mass is 15.4. The molecule has 30 heavy (non-hydrogen) atoms. The van der Waals surface area contributed by atoms with Crippen LogP contribution in [0.2, 0.25) is 0 Å². The molecule has 0 aliphatic rings. The lowest BCUT2D eigenvalue weighted by Crippen LogP contribution is -2.08. The van der Waals surface area contributed by atoms with E-state index in [2.05, 4.69) is 32.7 Å². The molecule has 148 valence electrons. The molecule has 7 heteroatoms. The SMILES string of the molecule is CN(C)c1cccc(-c2nc(Nc3ccc4c(c3)nnn4C)c3ccccc3n2)c1. The zero-order chi connectivity index (χ0) is 20.7. The van der Waals surface area contributed by atoms with Gasteiger partial charge in [-0.3, -0.25) is 0 Å². The Balaban J connectivity index is 1.62. The fourth-order valence-corrected chi connectivity index (χ4v) is 3.48. The van der Waals surface area contributed by atoms with Gasteiger partial charge in [0, 0.05) is 43.5 Å². The van der Waals surface area contributed by atoms with Crippen LogP contribution in [0.15, 0.2) is 66.7 Å². The third kappa shape index (κ3) is 3.20. The van der Waals surface area contributed by atoms with E-state index in [0.29, 0.717) is 5.82 Å². The number of nitrogens with zero attached hydrogens (tertiary/aromatic N) is 6. The van der Waals surface area contributed by atoms with Crippen LogP contribution in [-0.2, 0) is 7.05 Å². The molecule has 2 heterocycles. The second kappa shape index (κ2) is 7.11. The van der Waals surface area contributed by atoms with Crippen LogP contribution in [0.5, 0.6) is 0 Å². The molecule has 0 aliphatic carbocycles. The number of benzene rings is 3. The molecule has 3 aromatic carbocycles. The summed E-state index contributed by atoms with van der Waals surface area (Å²) in [5.74, 6) is 1.44. The van der Waals surface area contributed by atoms with E-state index in [9.17, 15) is 0 Å². The zero-order valence-electron chi connectivity index (χ0n) is 17.0. The molecule has 0 atom stereocenters. The predicted molar refractivity (Wildman–Crippen MR) is 121 cm³/mol. The summed E-state index contributed by atoms with van der Waals surface area (Å²) in [7, 11) is 5.93. The third-order valence-electron chi connectivity index (χ3n) is 5.10. The van der Waals surface area contributed by atoms with Gasteiger partial charge in [-0.1, -0.05) is 29.5 Å². The molecule has 0 fully saturated rings. The van der Waals surface area contributed by atoms with Gasteiger partial charge in [0.2, 0.25) is 0 Å². The average Bonchev–Trinajstić information content (AvgIpc) is 3.14. The number of nitrogens with one attached hydrogen (secondary N) is 1. The third-order valence-corrected chi connectivity index (χ3v) is 5.10. The van der Waals surface area contributed by atoms with E-state index in [1.54, 1.807) is 4.68 Å². The van der Waals surface area contributed by atoms with Crippen LogP contribution in [0.25, 0.3) is 33.3 Å². The van der Waals surface area contributed by atoms with E-state index in [4.69, 9.17) is 9.97 Å². The van der Waals surface area contributed by atoms with Crippen LogP contribution < -0.4 is 10.2 Å². The summed E-state index contributed by atoms with van der Waals surface area (Å²) in [6.45, 7) is 0. The summed E-state index contributed by atoms with van der Waals surface area (Å²) >= 11 is 0. The quantitative estimate of drug-likeness (QED) is 0.487. The molecule has 0 unspecified atom stereocenters. The Morgan fingerprint density at radius 1 is 0.867 bits per heavy atom. The lowest BCUT2D eigenvalue weighted by Gasteiger charge is -2.14. The maximum absolute atomic E-state index is 4.87. The highest BCUT2D eigenvalue weighted by Crippen LogP contribution is 2.29. The molecule has 0 radical (unpaired) electrons. The molecule has 7 nitrogen and oxygen atoms in total. The number of hydrogen-bond donors (Lipinski definition) is 1. The first kappa shape index (κ1) is 18.1. The summed E-state index contributed by atoms with van der Waals surface area (Å²) in [6, 6.07) is 22.2. The van der Waals surface area contributed by atoms with Crippen molar-refractivity contribution in [2.75, 3.05) is 24.3 Å². The topological polar surface area (TPSA) is 71.8 Å². The molecule has 0 spiro atoms. The van der Waals surface area contributed by atoms with Crippen LogP contribution in [-0.4, -0.2) is 39.1 Å². The molecule has 0 amide bonds. The number of rotatable bonds is 4. The molecule has 0 aliphatic heterocycles. The van der Waals surface area contributed by atoms with Gasteiger partial charge in [0.25, 0.3) is 0 Å². The molecule has 5 aromatic rings. The van der Waals surface area contributed by atoms with Gasteiger partial charge in [0.05, 0.1) is 11.0 Å². The minimum atomic E-state index is 0.681. The van der Waals surface area contributed by atoms with Gasteiger partial charge >= 0.3 is 0 Å². The van der Waals surface area contributed by atoms with Crippen LogP contribution in [0.3, 0.4) is 0 Å². The summed E-state index contributed by atoms with van der Waals surface area (Å²) in [6.07, 6.45) is 0. The summed E-state index contributed by atoms with van der Waals surface area (Å²) in [4.78, 5) is 11.7. The van der Waals surface area contributed by atoms with Gasteiger partial charge in [-0.25, -0.2) is 14.6 Å². The van der Waals surface area contributed by atoms with E-state index in [1.807, 2.05) is 75.7 Å². The van der Waals surface area contributed by atoms with Crippen molar-refractivity contribution in [2.24, 2.45) is 7.05 Å². The second-order valence-electron chi connectivity index (χ2n) is 7.40. The van der Waals surface area contributed by atoms with E-state index in [0.717, 1.165) is 44.7 Å². The van der Waals surface area contributed by atoms with Crippen molar-refractivity contribution in [1.82, 2.24) is 25.0 Å². The second-order valence-corrected chi connectivity index (χ2v) is 7.40. The van der Waals surface area contributed by atoms with Gasteiger partial charge in [0.15, 0.2) is 5.82 Å². The van der Waals surface area contributed by atoms with Crippen molar-refractivity contribution in [3.63, 3.8) is 0 Å². The minimum absolute atomic E-state index is 0.681. The normalized spacial score (nSPS) is 11.2. The Morgan fingerprint density at radius 3 is 2.60 bits per heavy atom. The molecule has 0 bridgehead atoms.